The Morgan fingerprint density at radius 3 is 1.62 bits per heavy atom. The van der Waals surface area contributed by atoms with Gasteiger partial charge in [0.05, 0.1) is 0 Å². The van der Waals surface area contributed by atoms with Crippen LogP contribution in [0.2, 0.25) is 0 Å². The van der Waals surface area contributed by atoms with E-state index in [-0.39, 0.29) is 0 Å². The standard InChI is InChI=1S/C26H45NO2/c1-24-25(21-19-23-27(24)2)20-17-15-13-11-9-7-5-3-4-6-8-10-12-14-16-18-22-26(28)29/h19,21,23H,3-18,20,22H2,1-2H3/p+1. The van der Waals surface area contributed by atoms with Gasteiger partial charge in [-0.2, -0.15) is 0 Å². The highest BCUT2D eigenvalue weighted by molar-refractivity contribution is 5.66. The van der Waals surface area contributed by atoms with Crippen LogP contribution >= 0.6 is 0 Å². The SMILES string of the molecule is Cc1c(CCCCCCCCCCCCCCCCCCC(=O)O)ccc[n+]1C. The fourth-order valence-electron chi connectivity index (χ4n) is 4.08. The second-order valence-corrected chi connectivity index (χ2v) is 8.78. The molecule has 0 aliphatic carbocycles. The summed E-state index contributed by atoms with van der Waals surface area (Å²) in [4.78, 5) is 10.4. The Balaban J connectivity index is 1.77. The normalized spacial score (nSPS) is 11.1. The number of carbonyl (C=O) groups is 1. The Bertz CT molecular complexity index is 542. The summed E-state index contributed by atoms with van der Waals surface area (Å²) in [6.45, 7) is 2.22. The first kappa shape index (κ1) is 25.7. The maximum absolute atomic E-state index is 10.4. The molecule has 0 bridgehead atoms. The van der Waals surface area contributed by atoms with Crippen molar-refractivity contribution in [2.45, 2.75) is 122 Å². The van der Waals surface area contributed by atoms with Crippen LogP contribution in [-0.4, -0.2) is 11.1 Å². The summed E-state index contributed by atoms with van der Waals surface area (Å²) in [5.74, 6) is -0.655. The molecule has 0 fully saturated rings. The molecular formula is C26H46NO2+. The van der Waals surface area contributed by atoms with Gasteiger partial charge in [-0.15, -0.1) is 0 Å². The molecule has 0 atom stereocenters. The molecule has 1 aromatic heterocycles. The molecule has 3 heteroatoms. The average Bonchev–Trinajstić information content (AvgIpc) is 2.70. The van der Waals surface area contributed by atoms with E-state index in [0.717, 1.165) is 12.8 Å². The Labute approximate surface area is 179 Å². The largest absolute Gasteiger partial charge is 0.481 e. The lowest BCUT2D eigenvalue weighted by atomic mass is 10.0. The van der Waals surface area contributed by atoms with Crippen LogP contribution in [0, 0.1) is 6.92 Å². The highest BCUT2D eigenvalue weighted by Crippen LogP contribution is 2.15. The lowest BCUT2D eigenvalue weighted by Gasteiger charge is -2.05. The Hall–Kier alpha value is -1.38. The van der Waals surface area contributed by atoms with Crippen LogP contribution in [0.4, 0.5) is 0 Å². The van der Waals surface area contributed by atoms with Gasteiger partial charge in [0.25, 0.3) is 0 Å². The molecule has 0 spiro atoms. The molecule has 0 saturated heterocycles. The molecule has 29 heavy (non-hydrogen) atoms. The first-order valence-corrected chi connectivity index (χ1v) is 12.3. The van der Waals surface area contributed by atoms with Crippen LogP contribution in [0.15, 0.2) is 18.3 Å². The fourth-order valence-corrected chi connectivity index (χ4v) is 4.08. The zero-order valence-electron chi connectivity index (χ0n) is 19.3. The molecule has 0 aromatic carbocycles. The minimum absolute atomic E-state index is 0.340. The van der Waals surface area contributed by atoms with Crippen molar-refractivity contribution in [2.75, 3.05) is 0 Å². The minimum atomic E-state index is -0.655. The first-order valence-electron chi connectivity index (χ1n) is 12.3. The van der Waals surface area contributed by atoms with Crippen molar-refractivity contribution in [2.24, 2.45) is 7.05 Å². The van der Waals surface area contributed by atoms with Crippen LogP contribution in [0.1, 0.15) is 120 Å². The predicted molar refractivity (Wildman–Crippen MR) is 122 cm³/mol. The molecule has 1 N–H and O–H groups in total. The number of aromatic nitrogens is 1. The highest BCUT2D eigenvalue weighted by atomic mass is 16.4. The Morgan fingerprint density at radius 2 is 1.17 bits per heavy atom. The van der Waals surface area contributed by atoms with E-state index in [0.29, 0.717) is 6.42 Å². The number of aliphatic carboxylic acids is 1. The van der Waals surface area contributed by atoms with Gasteiger partial charge in [-0.1, -0.05) is 89.9 Å². The van der Waals surface area contributed by atoms with Gasteiger partial charge in [0.1, 0.15) is 7.05 Å². The van der Waals surface area contributed by atoms with Crippen molar-refractivity contribution in [3.8, 4) is 0 Å². The number of hydrogen-bond donors (Lipinski definition) is 1. The molecule has 0 amide bonds. The van der Waals surface area contributed by atoms with E-state index in [1.807, 2.05) is 0 Å². The second-order valence-electron chi connectivity index (χ2n) is 8.78. The van der Waals surface area contributed by atoms with E-state index in [1.165, 1.54) is 108 Å². The molecule has 0 aliphatic heterocycles. The molecule has 0 unspecified atom stereocenters. The molecule has 1 aromatic rings. The summed E-state index contributed by atoms with van der Waals surface area (Å²) in [5, 5.41) is 8.59. The van der Waals surface area contributed by atoms with Gasteiger partial charge in [0, 0.05) is 25.0 Å². The van der Waals surface area contributed by atoms with E-state index in [4.69, 9.17) is 5.11 Å². The average molecular weight is 405 g/mol. The molecule has 0 aliphatic rings. The van der Waals surface area contributed by atoms with Crippen molar-refractivity contribution in [3.63, 3.8) is 0 Å². The third kappa shape index (κ3) is 14.3. The smallest absolute Gasteiger partial charge is 0.303 e. The van der Waals surface area contributed by atoms with Gasteiger partial charge in [-0.3, -0.25) is 4.79 Å². The van der Waals surface area contributed by atoms with E-state index in [2.05, 4.69) is 36.9 Å². The lowest BCUT2D eigenvalue weighted by molar-refractivity contribution is -0.678. The van der Waals surface area contributed by atoms with Crippen molar-refractivity contribution < 1.29 is 14.5 Å². The third-order valence-electron chi connectivity index (χ3n) is 6.19. The number of rotatable bonds is 19. The van der Waals surface area contributed by atoms with Crippen molar-refractivity contribution in [1.82, 2.24) is 0 Å². The molecule has 1 rings (SSSR count). The summed E-state index contributed by atoms with van der Waals surface area (Å²) in [6, 6.07) is 4.44. The van der Waals surface area contributed by atoms with E-state index < -0.39 is 5.97 Å². The van der Waals surface area contributed by atoms with Gasteiger partial charge in [-0.25, -0.2) is 4.57 Å². The van der Waals surface area contributed by atoms with Crippen LogP contribution < -0.4 is 4.57 Å². The zero-order chi connectivity index (χ0) is 21.2. The van der Waals surface area contributed by atoms with E-state index in [1.54, 1.807) is 0 Å². The van der Waals surface area contributed by atoms with Gasteiger partial charge in [0.2, 0.25) is 0 Å². The van der Waals surface area contributed by atoms with Gasteiger partial charge in [0.15, 0.2) is 11.9 Å². The number of aryl methyl sites for hydroxylation is 2. The maximum atomic E-state index is 10.4. The summed E-state index contributed by atoms with van der Waals surface area (Å²) in [5.41, 5.74) is 2.91. The highest BCUT2D eigenvalue weighted by Gasteiger charge is 2.06. The van der Waals surface area contributed by atoms with Gasteiger partial charge >= 0.3 is 5.97 Å². The topological polar surface area (TPSA) is 41.2 Å². The third-order valence-corrected chi connectivity index (χ3v) is 6.19. The van der Waals surface area contributed by atoms with Crippen LogP contribution in [0.25, 0.3) is 0 Å². The molecule has 0 saturated carbocycles. The zero-order valence-corrected chi connectivity index (χ0v) is 19.3. The predicted octanol–water partition coefficient (Wildman–Crippen LogP) is 7.08. The van der Waals surface area contributed by atoms with Crippen LogP contribution in [-0.2, 0) is 18.3 Å². The Morgan fingerprint density at radius 1 is 0.759 bits per heavy atom. The van der Waals surface area contributed by atoms with E-state index in [9.17, 15) is 4.79 Å². The van der Waals surface area contributed by atoms with E-state index >= 15 is 0 Å². The number of carboxylic acid groups (broad SMARTS) is 1. The van der Waals surface area contributed by atoms with Crippen molar-refractivity contribution >= 4 is 5.97 Å². The quantitative estimate of drug-likeness (QED) is 0.198. The molecular weight excluding hydrogens is 358 g/mol. The molecule has 1 heterocycles. The van der Waals surface area contributed by atoms with Crippen LogP contribution in [0.3, 0.4) is 0 Å². The number of unbranched alkanes of at least 4 members (excludes halogenated alkanes) is 15. The number of pyridine rings is 1. The number of nitrogens with zero attached hydrogens (tertiary/aromatic N) is 1. The van der Waals surface area contributed by atoms with Gasteiger partial charge in [-0.05, 0) is 25.3 Å². The monoisotopic (exact) mass is 404 g/mol. The molecule has 3 nitrogen and oxygen atoms in total. The van der Waals surface area contributed by atoms with Crippen LogP contribution in [0.5, 0.6) is 0 Å². The summed E-state index contributed by atoms with van der Waals surface area (Å²) in [7, 11) is 2.13. The Kier molecular flexibility index (Phi) is 15.5. The van der Waals surface area contributed by atoms with Crippen molar-refractivity contribution in [1.29, 1.82) is 0 Å². The van der Waals surface area contributed by atoms with Crippen molar-refractivity contribution in [3.05, 3.63) is 29.6 Å². The molecule has 0 radical (unpaired) electrons. The first-order chi connectivity index (χ1) is 14.1. The molecule has 166 valence electrons. The number of carboxylic acids is 1. The second kappa shape index (κ2) is 17.5. The summed E-state index contributed by atoms with van der Waals surface area (Å²) < 4.78 is 2.22. The summed E-state index contributed by atoms with van der Waals surface area (Å²) in [6.07, 6.45) is 24.7. The minimum Gasteiger partial charge on any atom is -0.481 e. The maximum Gasteiger partial charge on any atom is 0.303 e. The fraction of sp³-hybridized carbons (Fsp3) is 0.769. The van der Waals surface area contributed by atoms with Gasteiger partial charge < -0.3 is 5.11 Å². The number of hydrogen-bond acceptors (Lipinski definition) is 1. The summed E-state index contributed by atoms with van der Waals surface area (Å²) >= 11 is 0. The lowest BCUT2D eigenvalue weighted by Crippen LogP contribution is -2.32.